The highest BCUT2D eigenvalue weighted by Crippen LogP contribution is 2.27. The Morgan fingerprint density at radius 1 is 1.20 bits per heavy atom. The Morgan fingerprint density at radius 3 is 2.60 bits per heavy atom. The molecular weight excluding hydrogens is 272 g/mol. The summed E-state index contributed by atoms with van der Waals surface area (Å²) in [6, 6.07) is 8.11. The summed E-state index contributed by atoms with van der Waals surface area (Å²) in [6.07, 6.45) is 0. The standard InChI is InChI=1S/C15H26N2O2S/c1-12(2)10-20-11-14(17-16)13-6-4-5-7-15(13)19-9-8-18-3/h4-7,12,14,17H,8-11,16H2,1-3H3. The van der Waals surface area contributed by atoms with Gasteiger partial charge in [-0.15, -0.1) is 0 Å². The summed E-state index contributed by atoms with van der Waals surface area (Å²) in [7, 11) is 1.67. The predicted molar refractivity (Wildman–Crippen MR) is 86.0 cm³/mol. The summed E-state index contributed by atoms with van der Waals surface area (Å²) < 4.78 is 10.8. The van der Waals surface area contributed by atoms with Gasteiger partial charge in [-0.25, -0.2) is 0 Å². The SMILES string of the molecule is COCCOc1ccccc1C(CSCC(C)C)NN. The summed E-state index contributed by atoms with van der Waals surface area (Å²) in [6.45, 7) is 5.57. The highest BCUT2D eigenvalue weighted by Gasteiger charge is 2.15. The molecule has 1 unspecified atom stereocenters. The molecule has 1 aromatic rings. The summed E-state index contributed by atoms with van der Waals surface area (Å²) in [5.74, 6) is 9.32. The molecule has 4 nitrogen and oxygen atoms in total. The molecule has 0 saturated heterocycles. The fraction of sp³-hybridized carbons (Fsp3) is 0.600. The maximum atomic E-state index is 5.76. The molecule has 0 spiro atoms. The van der Waals surface area contributed by atoms with Gasteiger partial charge < -0.3 is 9.47 Å². The fourth-order valence-corrected chi connectivity index (χ4v) is 2.90. The first-order valence-corrected chi connectivity index (χ1v) is 8.09. The van der Waals surface area contributed by atoms with Crippen LogP contribution in [0.25, 0.3) is 0 Å². The molecule has 0 aliphatic carbocycles. The Balaban J connectivity index is 2.65. The highest BCUT2D eigenvalue weighted by molar-refractivity contribution is 7.99. The first kappa shape index (κ1) is 17.3. The van der Waals surface area contributed by atoms with Gasteiger partial charge in [0.05, 0.1) is 12.6 Å². The van der Waals surface area contributed by atoms with Crippen molar-refractivity contribution in [1.29, 1.82) is 0 Å². The first-order chi connectivity index (χ1) is 9.69. The van der Waals surface area contributed by atoms with Gasteiger partial charge in [0.15, 0.2) is 0 Å². The molecule has 0 aliphatic heterocycles. The largest absolute Gasteiger partial charge is 0.491 e. The van der Waals surface area contributed by atoms with E-state index < -0.39 is 0 Å². The Morgan fingerprint density at radius 2 is 1.95 bits per heavy atom. The number of para-hydroxylation sites is 1. The van der Waals surface area contributed by atoms with Gasteiger partial charge in [0.25, 0.3) is 0 Å². The molecule has 0 radical (unpaired) electrons. The zero-order valence-electron chi connectivity index (χ0n) is 12.6. The van der Waals surface area contributed by atoms with Crippen LogP contribution in [0.2, 0.25) is 0 Å². The van der Waals surface area contributed by atoms with Gasteiger partial charge in [0, 0.05) is 18.4 Å². The summed E-state index contributed by atoms with van der Waals surface area (Å²) in [4.78, 5) is 0. The minimum absolute atomic E-state index is 0.0949. The van der Waals surface area contributed by atoms with Crippen molar-refractivity contribution in [3.8, 4) is 5.75 Å². The first-order valence-electron chi connectivity index (χ1n) is 6.93. The van der Waals surface area contributed by atoms with Crippen LogP contribution in [-0.4, -0.2) is 31.8 Å². The highest BCUT2D eigenvalue weighted by atomic mass is 32.2. The van der Waals surface area contributed by atoms with Crippen LogP contribution in [0.4, 0.5) is 0 Å². The molecule has 0 saturated carbocycles. The smallest absolute Gasteiger partial charge is 0.124 e. The third kappa shape index (κ3) is 6.13. The number of nitrogens with one attached hydrogen (secondary N) is 1. The van der Waals surface area contributed by atoms with Crippen LogP contribution in [0.15, 0.2) is 24.3 Å². The van der Waals surface area contributed by atoms with Crippen molar-refractivity contribution in [2.45, 2.75) is 19.9 Å². The van der Waals surface area contributed by atoms with Crippen LogP contribution in [0.3, 0.4) is 0 Å². The molecule has 5 heteroatoms. The summed E-state index contributed by atoms with van der Waals surface area (Å²) in [5.41, 5.74) is 3.99. The second kappa shape index (κ2) is 10.0. The fourth-order valence-electron chi connectivity index (χ4n) is 1.78. The third-order valence-corrected chi connectivity index (χ3v) is 4.25. The molecular formula is C15H26N2O2S. The number of methoxy groups -OCH3 is 1. The number of ether oxygens (including phenoxy) is 2. The van der Waals surface area contributed by atoms with Crippen molar-refractivity contribution < 1.29 is 9.47 Å². The second-order valence-electron chi connectivity index (χ2n) is 5.03. The minimum Gasteiger partial charge on any atom is -0.491 e. The zero-order chi connectivity index (χ0) is 14.8. The average molecular weight is 298 g/mol. The quantitative estimate of drug-likeness (QED) is 0.395. The van der Waals surface area contributed by atoms with Crippen LogP contribution >= 0.6 is 11.8 Å². The number of hydrazine groups is 1. The van der Waals surface area contributed by atoms with Crippen molar-refractivity contribution in [3.63, 3.8) is 0 Å². The van der Waals surface area contributed by atoms with E-state index in [1.54, 1.807) is 7.11 Å². The molecule has 0 aromatic heterocycles. The van der Waals surface area contributed by atoms with E-state index in [2.05, 4.69) is 25.3 Å². The van der Waals surface area contributed by atoms with Gasteiger partial charge in [0.2, 0.25) is 0 Å². The van der Waals surface area contributed by atoms with Crippen LogP contribution in [0.5, 0.6) is 5.75 Å². The monoisotopic (exact) mass is 298 g/mol. The molecule has 114 valence electrons. The average Bonchev–Trinajstić information content (AvgIpc) is 2.44. The Bertz CT molecular complexity index is 375. The number of benzene rings is 1. The molecule has 0 bridgehead atoms. The molecule has 1 atom stereocenters. The lowest BCUT2D eigenvalue weighted by atomic mass is 10.1. The predicted octanol–water partition coefficient (Wildman–Crippen LogP) is 2.61. The number of nitrogens with two attached hydrogens (primary N) is 1. The number of rotatable bonds is 10. The minimum atomic E-state index is 0.0949. The van der Waals surface area contributed by atoms with Gasteiger partial charge >= 0.3 is 0 Å². The van der Waals surface area contributed by atoms with E-state index >= 15 is 0 Å². The van der Waals surface area contributed by atoms with Gasteiger partial charge in [0.1, 0.15) is 12.4 Å². The maximum Gasteiger partial charge on any atom is 0.124 e. The van der Waals surface area contributed by atoms with Crippen LogP contribution in [0.1, 0.15) is 25.5 Å². The van der Waals surface area contributed by atoms with Crippen LogP contribution in [-0.2, 0) is 4.74 Å². The molecule has 3 N–H and O–H groups in total. The molecule has 0 heterocycles. The Hall–Kier alpha value is -0.750. The third-order valence-electron chi connectivity index (χ3n) is 2.78. The van der Waals surface area contributed by atoms with E-state index in [4.69, 9.17) is 15.3 Å². The summed E-state index contributed by atoms with van der Waals surface area (Å²) in [5, 5.41) is 0. The van der Waals surface area contributed by atoms with Crippen molar-refractivity contribution >= 4 is 11.8 Å². The van der Waals surface area contributed by atoms with Crippen molar-refractivity contribution in [1.82, 2.24) is 5.43 Å². The van der Waals surface area contributed by atoms with Gasteiger partial charge in [-0.05, 0) is 17.7 Å². The normalized spacial score (nSPS) is 12.7. The van der Waals surface area contributed by atoms with E-state index in [-0.39, 0.29) is 6.04 Å². The van der Waals surface area contributed by atoms with Gasteiger partial charge in [-0.3, -0.25) is 11.3 Å². The van der Waals surface area contributed by atoms with Crippen LogP contribution < -0.4 is 16.0 Å². The molecule has 0 fully saturated rings. The van der Waals surface area contributed by atoms with E-state index in [9.17, 15) is 0 Å². The molecule has 20 heavy (non-hydrogen) atoms. The van der Waals surface area contributed by atoms with E-state index in [1.165, 1.54) is 0 Å². The number of thioether (sulfide) groups is 1. The van der Waals surface area contributed by atoms with Crippen molar-refractivity contribution in [3.05, 3.63) is 29.8 Å². The van der Waals surface area contributed by atoms with E-state index in [1.807, 2.05) is 30.0 Å². The van der Waals surface area contributed by atoms with Crippen molar-refractivity contribution in [2.24, 2.45) is 11.8 Å². The Labute approximate surface area is 126 Å². The van der Waals surface area contributed by atoms with E-state index in [0.29, 0.717) is 19.1 Å². The number of hydrogen-bond donors (Lipinski definition) is 2. The van der Waals surface area contributed by atoms with Gasteiger partial charge in [-0.2, -0.15) is 11.8 Å². The maximum absolute atomic E-state index is 5.76. The van der Waals surface area contributed by atoms with Gasteiger partial charge in [-0.1, -0.05) is 32.0 Å². The lowest BCUT2D eigenvalue weighted by Crippen LogP contribution is -2.30. The molecule has 0 aliphatic rings. The van der Waals surface area contributed by atoms with E-state index in [0.717, 1.165) is 22.8 Å². The zero-order valence-corrected chi connectivity index (χ0v) is 13.4. The lowest BCUT2D eigenvalue weighted by Gasteiger charge is -2.20. The number of hydrogen-bond acceptors (Lipinski definition) is 5. The van der Waals surface area contributed by atoms with Crippen molar-refractivity contribution in [2.75, 3.05) is 31.8 Å². The molecule has 1 aromatic carbocycles. The van der Waals surface area contributed by atoms with Crippen LogP contribution in [0, 0.1) is 5.92 Å². The summed E-state index contributed by atoms with van der Waals surface area (Å²) >= 11 is 1.90. The topological polar surface area (TPSA) is 56.5 Å². The molecule has 1 rings (SSSR count). The Kier molecular flexibility index (Phi) is 8.69. The second-order valence-corrected chi connectivity index (χ2v) is 6.10. The lowest BCUT2D eigenvalue weighted by molar-refractivity contribution is 0.145. The molecule has 0 amide bonds.